The molecule has 1 fully saturated rings. The molecular formula is C19H21N5O2. The molecule has 1 aliphatic rings. The first kappa shape index (κ1) is 16.5. The van der Waals surface area contributed by atoms with E-state index in [1.54, 1.807) is 6.07 Å². The zero-order chi connectivity index (χ0) is 18.1. The van der Waals surface area contributed by atoms with Crippen LogP contribution in [0.5, 0.6) is 0 Å². The normalized spacial score (nSPS) is 19.3. The largest absolute Gasteiger partial charge is 0.425 e. The van der Waals surface area contributed by atoms with Gasteiger partial charge < -0.3 is 9.73 Å². The molecule has 2 heterocycles. The smallest absolute Gasteiger partial charge is 0.269 e. The molecule has 2 N–H and O–H groups in total. The summed E-state index contributed by atoms with van der Waals surface area (Å²) in [5, 5.41) is 18.3. The quantitative estimate of drug-likeness (QED) is 0.735. The Morgan fingerprint density at radius 1 is 1.23 bits per heavy atom. The van der Waals surface area contributed by atoms with Gasteiger partial charge in [0.05, 0.1) is 5.69 Å². The van der Waals surface area contributed by atoms with Gasteiger partial charge in [-0.25, -0.2) is 0 Å². The van der Waals surface area contributed by atoms with Gasteiger partial charge in [-0.2, -0.15) is 5.10 Å². The minimum Gasteiger partial charge on any atom is -0.425 e. The lowest BCUT2D eigenvalue weighted by atomic mass is 9.80. The van der Waals surface area contributed by atoms with Crippen LogP contribution in [0.4, 0.5) is 0 Å². The van der Waals surface area contributed by atoms with Gasteiger partial charge in [0.15, 0.2) is 0 Å². The molecule has 0 unspecified atom stereocenters. The Labute approximate surface area is 151 Å². The van der Waals surface area contributed by atoms with Crippen molar-refractivity contribution in [2.24, 2.45) is 0 Å². The maximum absolute atomic E-state index is 12.4. The summed E-state index contributed by atoms with van der Waals surface area (Å²) >= 11 is 0. The second kappa shape index (κ2) is 6.74. The van der Waals surface area contributed by atoms with Crippen LogP contribution in [-0.4, -0.2) is 32.3 Å². The molecule has 1 aliphatic carbocycles. The van der Waals surface area contributed by atoms with E-state index in [0.717, 1.165) is 24.1 Å². The monoisotopic (exact) mass is 351 g/mol. The SMILES string of the molecule is CC(C)c1nnc(C2CC(NC(=O)c3cc(-c4ccccc4)n[nH]3)C2)o1. The second-order valence-electron chi connectivity index (χ2n) is 7.00. The van der Waals surface area contributed by atoms with Crippen molar-refractivity contribution in [2.45, 2.75) is 44.6 Å². The molecule has 1 amide bonds. The third-order valence-electron chi connectivity index (χ3n) is 4.66. The second-order valence-corrected chi connectivity index (χ2v) is 7.00. The van der Waals surface area contributed by atoms with Crippen LogP contribution in [0, 0.1) is 0 Å². The number of hydrogen-bond donors (Lipinski definition) is 2. The van der Waals surface area contributed by atoms with Crippen LogP contribution in [0.2, 0.25) is 0 Å². The van der Waals surface area contributed by atoms with Crippen molar-refractivity contribution in [3.05, 3.63) is 53.9 Å². The summed E-state index contributed by atoms with van der Waals surface area (Å²) in [6.07, 6.45) is 1.62. The molecule has 0 atom stereocenters. The maximum atomic E-state index is 12.4. The Hall–Kier alpha value is -2.96. The van der Waals surface area contributed by atoms with Crippen LogP contribution in [0.15, 0.2) is 40.8 Å². The molecule has 4 rings (SSSR count). The lowest BCUT2D eigenvalue weighted by Gasteiger charge is -2.33. The molecule has 3 aromatic rings. The summed E-state index contributed by atoms with van der Waals surface area (Å²) in [7, 11) is 0. The Bertz CT molecular complexity index is 894. The molecule has 26 heavy (non-hydrogen) atoms. The molecule has 0 saturated heterocycles. The van der Waals surface area contributed by atoms with Crippen LogP contribution < -0.4 is 5.32 Å². The first-order valence-electron chi connectivity index (χ1n) is 8.85. The van der Waals surface area contributed by atoms with E-state index in [4.69, 9.17) is 4.42 Å². The van der Waals surface area contributed by atoms with E-state index in [2.05, 4.69) is 25.7 Å². The van der Waals surface area contributed by atoms with Gasteiger partial charge in [0, 0.05) is 23.4 Å². The average molecular weight is 351 g/mol. The number of H-pyrrole nitrogens is 1. The number of aromatic nitrogens is 4. The first-order chi connectivity index (χ1) is 12.6. The molecule has 1 saturated carbocycles. The lowest BCUT2D eigenvalue weighted by molar-refractivity contribution is 0.0898. The Morgan fingerprint density at radius 3 is 2.69 bits per heavy atom. The fraction of sp³-hybridized carbons (Fsp3) is 0.368. The standard InChI is InChI=1S/C19H21N5O2/c1-11(2)18-23-24-19(26-18)13-8-14(9-13)20-17(25)16-10-15(21-22-16)12-6-4-3-5-7-12/h3-7,10-11,13-14H,8-9H2,1-2H3,(H,20,25)(H,21,22). The van der Waals surface area contributed by atoms with E-state index in [9.17, 15) is 4.79 Å². The number of benzene rings is 1. The Morgan fingerprint density at radius 2 is 2.00 bits per heavy atom. The molecule has 0 bridgehead atoms. The molecule has 2 aromatic heterocycles. The molecular weight excluding hydrogens is 330 g/mol. The van der Waals surface area contributed by atoms with Crippen LogP contribution in [0.1, 0.15) is 60.8 Å². The van der Waals surface area contributed by atoms with Crippen LogP contribution in [0.3, 0.4) is 0 Å². The Balaban J connectivity index is 1.33. The van der Waals surface area contributed by atoms with Crippen molar-refractivity contribution in [1.82, 2.24) is 25.7 Å². The zero-order valence-electron chi connectivity index (χ0n) is 14.8. The molecule has 0 radical (unpaired) electrons. The summed E-state index contributed by atoms with van der Waals surface area (Å²) in [4.78, 5) is 12.4. The van der Waals surface area contributed by atoms with Crippen LogP contribution >= 0.6 is 0 Å². The highest BCUT2D eigenvalue weighted by molar-refractivity contribution is 5.93. The summed E-state index contributed by atoms with van der Waals surface area (Å²) in [6, 6.07) is 11.7. The van der Waals surface area contributed by atoms with E-state index in [1.165, 1.54) is 0 Å². The van der Waals surface area contributed by atoms with Crippen LogP contribution in [-0.2, 0) is 0 Å². The van der Waals surface area contributed by atoms with Crippen molar-refractivity contribution in [2.75, 3.05) is 0 Å². The van der Waals surface area contributed by atoms with Gasteiger partial charge in [0.1, 0.15) is 5.69 Å². The van der Waals surface area contributed by atoms with E-state index >= 15 is 0 Å². The van der Waals surface area contributed by atoms with Crippen molar-refractivity contribution in [1.29, 1.82) is 0 Å². The maximum Gasteiger partial charge on any atom is 0.269 e. The third-order valence-corrected chi connectivity index (χ3v) is 4.66. The molecule has 0 spiro atoms. The number of rotatable bonds is 5. The predicted octanol–water partition coefficient (Wildman–Crippen LogP) is 3.26. The highest BCUT2D eigenvalue weighted by Crippen LogP contribution is 2.36. The minimum atomic E-state index is -0.142. The fourth-order valence-corrected chi connectivity index (χ4v) is 3.04. The van der Waals surface area contributed by atoms with Crippen molar-refractivity contribution in [3.8, 4) is 11.3 Å². The predicted molar refractivity (Wildman–Crippen MR) is 95.6 cm³/mol. The van der Waals surface area contributed by atoms with Gasteiger partial charge in [-0.05, 0) is 18.9 Å². The number of aromatic amines is 1. The van der Waals surface area contributed by atoms with Crippen molar-refractivity contribution < 1.29 is 9.21 Å². The number of carbonyl (C=O) groups is 1. The Kier molecular flexibility index (Phi) is 4.28. The van der Waals surface area contributed by atoms with E-state index < -0.39 is 0 Å². The molecule has 7 heteroatoms. The molecule has 1 aromatic carbocycles. The van der Waals surface area contributed by atoms with Gasteiger partial charge in [-0.1, -0.05) is 44.2 Å². The van der Waals surface area contributed by atoms with E-state index in [0.29, 0.717) is 17.5 Å². The average Bonchev–Trinajstić information content (AvgIpc) is 3.28. The molecule has 7 nitrogen and oxygen atoms in total. The highest BCUT2D eigenvalue weighted by atomic mass is 16.4. The van der Waals surface area contributed by atoms with Crippen molar-refractivity contribution >= 4 is 5.91 Å². The summed E-state index contributed by atoms with van der Waals surface area (Å²) < 4.78 is 5.69. The number of nitrogens with zero attached hydrogens (tertiary/aromatic N) is 3. The van der Waals surface area contributed by atoms with Crippen LogP contribution in [0.25, 0.3) is 11.3 Å². The van der Waals surface area contributed by atoms with Gasteiger partial charge >= 0.3 is 0 Å². The third kappa shape index (κ3) is 3.24. The number of hydrogen-bond acceptors (Lipinski definition) is 5. The summed E-state index contributed by atoms with van der Waals surface area (Å²) in [5.74, 6) is 1.65. The van der Waals surface area contributed by atoms with E-state index in [1.807, 2.05) is 44.2 Å². The summed E-state index contributed by atoms with van der Waals surface area (Å²) in [6.45, 7) is 4.05. The fourth-order valence-electron chi connectivity index (χ4n) is 3.04. The molecule has 0 aliphatic heterocycles. The number of carbonyl (C=O) groups excluding carboxylic acids is 1. The lowest BCUT2D eigenvalue weighted by Crippen LogP contribution is -2.43. The summed E-state index contributed by atoms with van der Waals surface area (Å²) in [5.41, 5.74) is 2.20. The van der Waals surface area contributed by atoms with Gasteiger partial charge in [-0.15, -0.1) is 10.2 Å². The molecule has 134 valence electrons. The zero-order valence-corrected chi connectivity index (χ0v) is 14.8. The van der Waals surface area contributed by atoms with Gasteiger partial charge in [0.2, 0.25) is 11.8 Å². The van der Waals surface area contributed by atoms with E-state index in [-0.39, 0.29) is 23.8 Å². The number of amides is 1. The number of nitrogens with one attached hydrogen (secondary N) is 2. The highest BCUT2D eigenvalue weighted by Gasteiger charge is 2.35. The van der Waals surface area contributed by atoms with Crippen molar-refractivity contribution in [3.63, 3.8) is 0 Å². The topological polar surface area (TPSA) is 96.7 Å². The van der Waals surface area contributed by atoms with Gasteiger partial charge in [0.25, 0.3) is 5.91 Å². The van der Waals surface area contributed by atoms with Gasteiger partial charge in [-0.3, -0.25) is 9.89 Å². The first-order valence-corrected chi connectivity index (χ1v) is 8.85. The minimum absolute atomic E-state index is 0.116.